The van der Waals surface area contributed by atoms with E-state index < -0.39 is 0 Å². The lowest BCUT2D eigenvalue weighted by Gasteiger charge is -2.34. The Bertz CT molecular complexity index is 257. The van der Waals surface area contributed by atoms with E-state index in [-0.39, 0.29) is 11.2 Å². The number of ketones is 1. The zero-order chi connectivity index (χ0) is 10.1. The molecule has 0 N–H and O–H groups in total. The minimum Gasteiger partial charge on any atom is -0.299 e. The molecule has 1 aliphatic rings. The van der Waals surface area contributed by atoms with E-state index in [9.17, 15) is 4.79 Å². The molecule has 0 saturated carbocycles. The summed E-state index contributed by atoms with van der Waals surface area (Å²) in [5.41, 5.74) is 2.17. The lowest BCUT2D eigenvalue weighted by Crippen LogP contribution is -2.31. The van der Waals surface area contributed by atoms with Gasteiger partial charge in [-0.05, 0) is 40.0 Å². The first-order chi connectivity index (χ1) is 5.99. The average Bonchev–Trinajstić information content (AvgIpc) is 2.04. The van der Waals surface area contributed by atoms with E-state index >= 15 is 0 Å². The van der Waals surface area contributed by atoms with Crippen molar-refractivity contribution in [1.29, 1.82) is 0 Å². The van der Waals surface area contributed by atoms with Gasteiger partial charge in [0, 0.05) is 0 Å². The van der Waals surface area contributed by atoms with Crippen molar-refractivity contribution in [3.63, 3.8) is 0 Å². The summed E-state index contributed by atoms with van der Waals surface area (Å²) in [5, 5.41) is 0. The van der Waals surface area contributed by atoms with E-state index in [0.29, 0.717) is 0 Å². The van der Waals surface area contributed by atoms with E-state index in [2.05, 4.69) is 19.6 Å². The SMILES string of the molecule is C=C(C)C1(C(C)=O)CC=C(C)CC1. The van der Waals surface area contributed by atoms with Gasteiger partial charge in [-0.3, -0.25) is 4.79 Å². The molecule has 0 radical (unpaired) electrons. The predicted octanol–water partition coefficient (Wildman–Crippen LogP) is 3.27. The zero-order valence-electron chi connectivity index (χ0n) is 8.81. The van der Waals surface area contributed by atoms with Crippen LogP contribution in [0.15, 0.2) is 23.8 Å². The molecule has 0 bridgehead atoms. The first-order valence-electron chi connectivity index (χ1n) is 4.82. The molecule has 1 atom stereocenters. The highest BCUT2D eigenvalue weighted by molar-refractivity contribution is 5.85. The van der Waals surface area contributed by atoms with Gasteiger partial charge in [0.05, 0.1) is 5.41 Å². The van der Waals surface area contributed by atoms with Crippen LogP contribution in [0.1, 0.15) is 40.0 Å². The highest BCUT2D eigenvalue weighted by Gasteiger charge is 2.36. The number of carbonyl (C=O) groups is 1. The molecule has 1 unspecified atom stereocenters. The van der Waals surface area contributed by atoms with Crippen molar-refractivity contribution >= 4 is 5.78 Å². The Morgan fingerprint density at radius 2 is 2.15 bits per heavy atom. The van der Waals surface area contributed by atoms with Crippen LogP contribution in [0.25, 0.3) is 0 Å². The van der Waals surface area contributed by atoms with Gasteiger partial charge < -0.3 is 0 Å². The third-order valence-electron chi connectivity index (χ3n) is 3.24. The molecule has 0 aromatic heterocycles. The van der Waals surface area contributed by atoms with Gasteiger partial charge in [-0.25, -0.2) is 0 Å². The van der Waals surface area contributed by atoms with Crippen LogP contribution in [-0.2, 0) is 4.79 Å². The minimum atomic E-state index is -0.250. The highest BCUT2D eigenvalue weighted by Crippen LogP contribution is 2.41. The number of rotatable bonds is 2. The van der Waals surface area contributed by atoms with Gasteiger partial charge in [-0.1, -0.05) is 23.8 Å². The molecule has 0 amide bonds. The summed E-state index contributed by atoms with van der Waals surface area (Å²) >= 11 is 0. The number of allylic oxidation sites excluding steroid dienone is 3. The first-order valence-corrected chi connectivity index (χ1v) is 4.82. The van der Waals surface area contributed by atoms with E-state index in [1.165, 1.54) is 5.57 Å². The van der Waals surface area contributed by atoms with Crippen LogP contribution in [0.4, 0.5) is 0 Å². The maximum absolute atomic E-state index is 11.6. The van der Waals surface area contributed by atoms with Crippen molar-refractivity contribution in [2.45, 2.75) is 40.0 Å². The van der Waals surface area contributed by atoms with Crippen LogP contribution >= 0.6 is 0 Å². The topological polar surface area (TPSA) is 17.1 Å². The number of hydrogen-bond donors (Lipinski definition) is 0. The van der Waals surface area contributed by atoms with Crippen molar-refractivity contribution < 1.29 is 4.79 Å². The lowest BCUT2D eigenvalue weighted by molar-refractivity contribution is -0.125. The van der Waals surface area contributed by atoms with Crippen LogP contribution in [-0.4, -0.2) is 5.78 Å². The van der Waals surface area contributed by atoms with E-state index in [1.54, 1.807) is 6.92 Å². The molecule has 72 valence electrons. The molecule has 1 nitrogen and oxygen atoms in total. The van der Waals surface area contributed by atoms with Gasteiger partial charge in [-0.15, -0.1) is 0 Å². The molecule has 0 heterocycles. The molecule has 1 heteroatoms. The summed E-state index contributed by atoms with van der Waals surface area (Å²) in [6.07, 6.45) is 5.01. The Morgan fingerprint density at radius 1 is 1.54 bits per heavy atom. The van der Waals surface area contributed by atoms with Crippen molar-refractivity contribution in [3.8, 4) is 0 Å². The Balaban J connectivity index is 2.96. The molecule has 0 aromatic carbocycles. The molecular formula is C12H18O. The molecular weight excluding hydrogens is 160 g/mol. The summed E-state index contributed by atoms with van der Waals surface area (Å²) in [6.45, 7) is 9.73. The maximum Gasteiger partial charge on any atom is 0.140 e. The third kappa shape index (κ3) is 1.74. The van der Waals surface area contributed by atoms with Crippen LogP contribution in [0, 0.1) is 5.41 Å². The summed E-state index contributed by atoms with van der Waals surface area (Å²) < 4.78 is 0. The largest absolute Gasteiger partial charge is 0.299 e. The Kier molecular flexibility index (Phi) is 2.74. The number of hydrogen-bond acceptors (Lipinski definition) is 1. The smallest absolute Gasteiger partial charge is 0.140 e. The summed E-state index contributed by atoms with van der Waals surface area (Å²) in [7, 11) is 0. The second kappa shape index (κ2) is 3.49. The molecule has 1 rings (SSSR count). The van der Waals surface area contributed by atoms with Crippen molar-refractivity contribution in [2.75, 3.05) is 0 Å². The van der Waals surface area contributed by atoms with E-state index in [4.69, 9.17) is 0 Å². The Labute approximate surface area is 80.5 Å². The van der Waals surface area contributed by atoms with Crippen LogP contribution in [0.2, 0.25) is 0 Å². The fourth-order valence-corrected chi connectivity index (χ4v) is 1.97. The summed E-state index contributed by atoms with van der Waals surface area (Å²) in [4.78, 5) is 11.6. The molecule has 0 aliphatic heterocycles. The van der Waals surface area contributed by atoms with Gasteiger partial charge in [0.1, 0.15) is 5.78 Å². The predicted molar refractivity (Wildman–Crippen MR) is 55.5 cm³/mol. The molecule has 0 fully saturated rings. The fourth-order valence-electron chi connectivity index (χ4n) is 1.97. The average molecular weight is 178 g/mol. The molecule has 13 heavy (non-hydrogen) atoms. The van der Waals surface area contributed by atoms with E-state index in [0.717, 1.165) is 24.8 Å². The molecule has 1 aliphatic carbocycles. The lowest BCUT2D eigenvalue weighted by atomic mass is 9.68. The zero-order valence-corrected chi connectivity index (χ0v) is 8.81. The van der Waals surface area contributed by atoms with E-state index in [1.807, 2.05) is 6.92 Å². The van der Waals surface area contributed by atoms with Crippen LogP contribution in [0.3, 0.4) is 0 Å². The third-order valence-corrected chi connectivity index (χ3v) is 3.24. The monoisotopic (exact) mass is 178 g/mol. The molecule has 0 aromatic rings. The summed E-state index contributed by atoms with van der Waals surface area (Å²) in [6, 6.07) is 0. The minimum absolute atomic E-state index is 0.250. The highest BCUT2D eigenvalue weighted by atomic mass is 16.1. The maximum atomic E-state index is 11.6. The van der Waals surface area contributed by atoms with Gasteiger partial charge in [0.25, 0.3) is 0 Å². The van der Waals surface area contributed by atoms with Gasteiger partial charge in [-0.2, -0.15) is 0 Å². The quantitative estimate of drug-likeness (QED) is 0.593. The van der Waals surface area contributed by atoms with Gasteiger partial charge in [0.2, 0.25) is 0 Å². The van der Waals surface area contributed by atoms with Crippen molar-refractivity contribution in [1.82, 2.24) is 0 Å². The second-order valence-corrected chi connectivity index (χ2v) is 4.17. The summed E-state index contributed by atoms with van der Waals surface area (Å²) in [5.74, 6) is 0.267. The van der Waals surface area contributed by atoms with Crippen molar-refractivity contribution in [3.05, 3.63) is 23.8 Å². The Hall–Kier alpha value is -0.850. The number of carbonyl (C=O) groups excluding carboxylic acids is 1. The second-order valence-electron chi connectivity index (χ2n) is 4.17. The van der Waals surface area contributed by atoms with Gasteiger partial charge in [0.15, 0.2) is 0 Å². The fraction of sp³-hybridized carbons (Fsp3) is 0.583. The molecule has 0 saturated heterocycles. The standard InChI is InChI=1S/C12H18O/c1-9(2)12(11(4)13)7-5-10(3)6-8-12/h5H,1,6-8H2,2-4H3. The normalized spacial score (nSPS) is 28.1. The van der Waals surface area contributed by atoms with Gasteiger partial charge >= 0.3 is 0 Å². The first kappa shape index (κ1) is 10.2. The van der Waals surface area contributed by atoms with Crippen molar-refractivity contribution in [2.24, 2.45) is 5.41 Å². The number of Topliss-reactive ketones (excluding diaryl/α,β-unsaturated/α-hetero) is 1. The molecule has 0 spiro atoms. The van der Waals surface area contributed by atoms with Crippen LogP contribution in [0.5, 0.6) is 0 Å². The Morgan fingerprint density at radius 3 is 2.46 bits per heavy atom. The van der Waals surface area contributed by atoms with Crippen LogP contribution < -0.4 is 0 Å².